The molecule has 0 heterocycles. The van der Waals surface area contributed by atoms with E-state index in [4.69, 9.17) is 0 Å². The fourth-order valence-corrected chi connectivity index (χ4v) is 3.06. The summed E-state index contributed by atoms with van der Waals surface area (Å²) in [4.78, 5) is 24.7. The second kappa shape index (κ2) is 8.35. The molecular weight excluding hydrogens is 338 g/mol. The summed E-state index contributed by atoms with van der Waals surface area (Å²) >= 11 is 0. The van der Waals surface area contributed by atoms with E-state index in [-0.39, 0.29) is 30.4 Å². The number of aryl methyl sites for hydroxylation is 2. The third kappa shape index (κ3) is 5.17. The molecule has 0 spiro atoms. The number of carbonyl (C=O) groups excluding carboxylic acids is 2. The van der Waals surface area contributed by atoms with Gasteiger partial charge in [-0.15, -0.1) is 0 Å². The Balaban J connectivity index is 1.59. The van der Waals surface area contributed by atoms with Gasteiger partial charge in [0.25, 0.3) is 5.91 Å². The van der Waals surface area contributed by atoms with Gasteiger partial charge >= 0.3 is 0 Å². The minimum atomic E-state index is -0.168. The Kier molecular flexibility index (Phi) is 5.91. The number of para-hydroxylation sites is 1. The van der Waals surface area contributed by atoms with E-state index in [1.807, 2.05) is 13.0 Å². The summed E-state index contributed by atoms with van der Waals surface area (Å²) in [6.07, 6.45) is 2.06. The van der Waals surface area contributed by atoms with Crippen LogP contribution in [0.1, 0.15) is 52.9 Å². The van der Waals surface area contributed by atoms with E-state index >= 15 is 0 Å². The normalized spacial score (nSPS) is 14.5. The summed E-state index contributed by atoms with van der Waals surface area (Å²) < 4.78 is 0. The summed E-state index contributed by atoms with van der Waals surface area (Å²) in [5.74, 6) is -0.302. The Morgan fingerprint density at radius 1 is 1.11 bits per heavy atom. The van der Waals surface area contributed by atoms with E-state index in [0.29, 0.717) is 11.3 Å². The SMILES string of the molecule is Cc1ccc(C)c([C@@H](C)NCC(=O)Nc2ccccc2C(=O)NC2CC2)c1. The van der Waals surface area contributed by atoms with Crippen LogP contribution in [0, 0.1) is 13.8 Å². The smallest absolute Gasteiger partial charge is 0.253 e. The van der Waals surface area contributed by atoms with Crippen LogP contribution < -0.4 is 16.0 Å². The zero-order valence-corrected chi connectivity index (χ0v) is 16.1. The number of amides is 2. The molecule has 2 amide bonds. The topological polar surface area (TPSA) is 70.2 Å². The molecule has 0 unspecified atom stereocenters. The van der Waals surface area contributed by atoms with Crippen molar-refractivity contribution in [3.8, 4) is 0 Å². The lowest BCUT2D eigenvalue weighted by Gasteiger charge is -2.17. The number of hydrogen-bond acceptors (Lipinski definition) is 3. The molecule has 0 aliphatic heterocycles. The lowest BCUT2D eigenvalue weighted by atomic mass is 10.00. The van der Waals surface area contributed by atoms with Crippen molar-refractivity contribution >= 4 is 17.5 Å². The van der Waals surface area contributed by atoms with Crippen molar-refractivity contribution < 1.29 is 9.59 Å². The van der Waals surface area contributed by atoms with Crippen LogP contribution >= 0.6 is 0 Å². The highest BCUT2D eigenvalue weighted by molar-refractivity contribution is 6.04. The molecule has 5 nitrogen and oxygen atoms in total. The minimum absolute atomic E-state index is 0.0593. The van der Waals surface area contributed by atoms with Gasteiger partial charge in [-0.1, -0.05) is 35.9 Å². The summed E-state index contributed by atoms with van der Waals surface area (Å²) in [6, 6.07) is 13.8. The van der Waals surface area contributed by atoms with Crippen molar-refractivity contribution in [2.45, 2.75) is 45.7 Å². The molecule has 3 N–H and O–H groups in total. The number of anilines is 1. The van der Waals surface area contributed by atoms with Gasteiger partial charge in [0.2, 0.25) is 5.91 Å². The van der Waals surface area contributed by atoms with Crippen LogP contribution in [0.2, 0.25) is 0 Å². The lowest BCUT2D eigenvalue weighted by molar-refractivity contribution is -0.115. The molecule has 0 aromatic heterocycles. The summed E-state index contributed by atoms with van der Waals surface area (Å²) in [7, 11) is 0. The third-order valence-corrected chi connectivity index (χ3v) is 4.83. The first-order valence-corrected chi connectivity index (χ1v) is 9.44. The summed E-state index contributed by atoms with van der Waals surface area (Å²) in [6.45, 7) is 6.35. The van der Waals surface area contributed by atoms with Crippen LogP contribution in [0.3, 0.4) is 0 Å². The van der Waals surface area contributed by atoms with E-state index in [2.05, 4.69) is 48.0 Å². The van der Waals surface area contributed by atoms with Gasteiger partial charge in [-0.05, 0) is 56.9 Å². The maximum Gasteiger partial charge on any atom is 0.253 e. The second-order valence-electron chi connectivity index (χ2n) is 7.30. The number of benzene rings is 2. The van der Waals surface area contributed by atoms with Gasteiger partial charge in [-0.2, -0.15) is 0 Å². The first-order chi connectivity index (χ1) is 12.9. The fourth-order valence-electron chi connectivity index (χ4n) is 3.06. The number of nitrogens with one attached hydrogen (secondary N) is 3. The average Bonchev–Trinajstić information content (AvgIpc) is 3.46. The molecule has 1 aliphatic rings. The molecule has 0 bridgehead atoms. The first kappa shape index (κ1) is 19.1. The van der Waals surface area contributed by atoms with Crippen molar-refractivity contribution in [2.24, 2.45) is 0 Å². The van der Waals surface area contributed by atoms with Gasteiger partial charge in [0.15, 0.2) is 0 Å². The molecule has 0 radical (unpaired) electrons. The molecule has 142 valence electrons. The van der Waals surface area contributed by atoms with Gasteiger partial charge in [-0.3, -0.25) is 9.59 Å². The Hall–Kier alpha value is -2.66. The average molecular weight is 365 g/mol. The van der Waals surface area contributed by atoms with Crippen molar-refractivity contribution in [2.75, 3.05) is 11.9 Å². The van der Waals surface area contributed by atoms with Gasteiger partial charge in [0, 0.05) is 12.1 Å². The van der Waals surface area contributed by atoms with Crippen LogP contribution in [-0.2, 0) is 4.79 Å². The Morgan fingerprint density at radius 2 is 1.85 bits per heavy atom. The minimum Gasteiger partial charge on any atom is -0.349 e. The Labute approximate surface area is 160 Å². The summed E-state index contributed by atoms with van der Waals surface area (Å²) in [5.41, 5.74) is 4.63. The molecule has 0 saturated heterocycles. The molecule has 1 saturated carbocycles. The molecule has 27 heavy (non-hydrogen) atoms. The maximum absolute atomic E-state index is 12.4. The van der Waals surface area contributed by atoms with Crippen LogP contribution in [0.4, 0.5) is 5.69 Å². The highest BCUT2D eigenvalue weighted by atomic mass is 16.2. The largest absolute Gasteiger partial charge is 0.349 e. The Bertz CT molecular complexity index is 843. The van der Waals surface area contributed by atoms with E-state index in [0.717, 1.165) is 12.8 Å². The molecule has 2 aromatic rings. The molecular formula is C22H27N3O2. The standard InChI is InChI=1S/C22H27N3O2/c1-14-8-9-15(2)19(12-14)16(3)23-13-21(26)25-20-7-5-4-6-18(20)22(27)24-17-10-11-17/h4-9,12,16-17,23H,10-11,13H2,1-3H3,(H,24,27)(H,25,26)/t16-/m1/s1. The van der Waals surface area contributed by atoms with E-state index in [9.17, 15) is 9.59 Å². The zero-order valence-electron chi connectivity index (χ0n) is 16.1. The van der Waals surface area contributed by atoms with Crippen molar-refractivity contribution in [3.63, 3.8) is 0 Å². The van der Waals surface area contributed by atoms with Crippen molar-refractivity contribution in [1.29, 1.82) is 0 Å². The van der Waals surface area contributed by atoms with Crippen LogP contribution in [0.15, 0.2) is 42.5 Å². The Morgan fingerprint density at radius 3 is 2.59 bits per heavy atom. The third-order valence-electron chi connectivity index (χ3n) is 4.83. The molecule has 2 aromatic carbocycles. The molecule has 3 rings (SSSR count). The first-order valence-electron chi connectivity index (χ1n) is 9.44. The van der Waals surface area contributed by atoms with E-state index < -0.39 is 0 Å². The predicted molar refractivity (Wildman–Crippen MR) is 108 cm³/mol. The molecule has 1 fully saturated rings. The van der Waals surface area contributed by atoms with Gasteiger partial charge in [-0.25, -0.2) is 0 Å². The van der Waals surface area contributed by atoms with Crippen molar-refractivity contribution in [3.05, 3.63) is 64.7 Å². The molecule has 5 heteroatoms. The van der Waals surface area contributed by atoms with Gasteiger partial charge in [0.1, 0.15) is 0 Å². The van der Waals surface area contributed by atoms with E-state index in [1.54, 1.807) is 18.2 Å². The highest BCUT2D eigenvalue weighted by Gasteiger charge is 2.25. The number of carbonyl (C=O) groups is 2. The highest BCUT2D eigenvalue weighted by Crippen LogP contribution is 2.22. The van der Waals surface area contributed by atoms with Crippen molar-refractivity contribution in [1.82, 2.24) is 10.6 Å². The van der Waals surface area contributed by atoms with Crippen LogP contribution in [-0.4, -0.2) is 24.4 Å². The quantitative estimate of drug-likeness (QED) is 0.703. The molecule has 1 aliphatic carbocycles. The van der Waals surface area contributed by atoms with E-state index in [1.165, 1.54) is 16.7 Å². The second-order valence-corrected chi connectivity index (χ2v) is 7.30. The van der Waals surface area contributed by atoms with Gasteiger partial charge in [0.05, 0.1) is 17.8 Å². The van der Waals surface area contributed by atoms with Crippen LogP contribution in [0.25, 0.3) is 0 Å². The lowest BCUT2D eigenvalue weighted by Crippen LogP contribution is -2.32. The number of hydrogen-bond donors (Lipinski definition) is 3. The number of rotatable bonds is 7. The fraction of sp³-hybridized carbons (Fsp3) is 0.364. The van der Waals surface area contributed by atoms with Crippen LogP contribution in [0.5, 0.6) is 0 Å². The maximum atomic E-state index is 12.4. The zero-order chi connectivity index (χ0) is 19.4. The molecule has 1 atom stereocenters. The van der Waals surface area contributed by atoms with Gasteiger partial charge < -0.3 is 16.0 Å². The predicted octanol–water partition coefficient (Wildman–Crippen LogP) is 3.48. The summed E-state index contributed by atoms with van der Waals surface area (Å²) in [5, 5.41) is 9.08. The monoisotopic (exact) mass is 365 g/mol.